The van der Waals surface area contributed by atoms with Crippen LogP contribution < -0.4 is 4.74 Å². The second kappa shape index (κ2) is 5.35. The summed E-state index contributed by atoms with van der Waals surface area (Å²) >= 11 is 5.87. The van der Waals surface area contributed by atoms with Crippen molar-refractivity contribution in [2.75, 3.05) is 0 Å². The first kappa shape index (κ1) is 12.7. The van der Waals surface area contributed by atoms with E-state index in [0.717, 1.165) is 21.6 Å². The highest BCUT2D eigenvalue weighted by Crippen LogP contribution is 2.20. The standard InChI is InChI=1S/C15H11ClN2O2/c16-12-3-1-11(2-4-12)8-18-9-17-14-7-13(20-10-19)5-6-15(14)18/h1-7,9-10H,8H2. The van der Waals surface area contributed by atoms with Crippen LogP contribution in [-0.4, -0.2) is 16.0 Å². The van der Waals surface area contributed by atoms with Crippen LogP contribution in [0.5, 0.6) is 5.75 Å². The van der Waals surface area contributed by atoms with E-state index in [4.69, 9.17) is 16.3 Å². The van der Waals surface area contributed by atoms with Crippen molar-refractivity contribution in [1.29, 1.82) is 0 Å². The lowest BCUT2D eigenvalue weighted by Crippen LogP contribution is -1.97. The molecule has 3 aromatic rings. The first-order chi connectivity index (χ1) is 9.76. The number of carbonyl (C=O) groups excluding carboxylic acids is 1. The fourth-order valence-electron chi connectivity index (χ4n) is 2.08. The average Bonchev–Trinajstić information content (AvgIpc) is 2.84. The number of ether oxygens (including phenoxy) is 1. The molecule has 0 fully saturated rings. The van der Waals surface area contributed by atoms with Crippen molar-refractivity contribution in [2.45, 2.75) is 6.54 Å². The Kier molecular flexibility index (Phi) is 3.39. The number of fused-ring (bicyclic) bond motifs is 1. The number of benzene rings is 2. The molecule has 0 aliphatic rings. The Labute approximate surface area is 120 Å². The minimum absolute atomic E-state index is 0.409. The molecule has 1 aromatic heterocycles. The van der Waals surface area contributed by atoms with Gasteiger partial charge in [-0.15, -0.1) is 0 Å². The van der Waals surface area contributed by atoms with Crippen LogP contribution in [0.2, 0.25) is 5.02 Å². The molecule has 0 unspecified atom stereocenters. The highest BCUT2D eigenvalue weighted by Gasteiger charge is 2.05. The van der Waals surface area contributed by atoms with E-state index in [1.165, 1.54) is 0 Å². The first-order valence-corrected chi connectivity index (χ1v) is 6.44. The molecule has 1 heterocycles. The second-order valence-electron chi connectivity index (χ2n) is 4.36. The van der Waals surface area contributed by atoms with E-state index in [1.807, 2.05) is 34.9 Å². The lowest BCUT2D eigenvalue weighted by molar-refractivity contribution is -0.120. The Morgan fingerprint density at radius 2 is 2.00 bits per heavy atom. The number of imidazole rings is 1. The van der Waals surface area contributed by atoms with Crippen LogP contribution in [0.25, 0.3) is 11.0 Å². The van der Waals surface area contributed by atoms with Crippen molar-refractivity contribution in [3.63, 3.8) is 0 Å². The maximum absolute atomic E-state index is 10.3. The fraction of sp³-hybridized carbons (Fsp3) is 0.0667. The third-order valence-corrected chi connectivity index (χ3v) is 3.29. The Balaban J connectivity index is 1.92. The number of rotatable bonds is 4. The van der Waals surface area contributed by atoms with Crippen molar-refractivity contribution in [3.8, 4) is 5.75 Å². The van der Waals surface area contributed by atoms with E-state index in [2.05, 4.69) is 4.98 Å². The van der Waals surface area contributed by atoms with Gasteiger partial charge < -0.3 is 9.30 Å². The average molecular weight is 287 g/mol. The predicted molar refractivity (Wildman–Crippen MR) is 77.0 cm³/mol. The van der Waals surface area contributed by atoms with E-state index < -0.39 is 0 Å². The molecule has 0 radical (unpaired) electrons. The molecule has 5 heteroatoms. The maximum atomic E-state index is 10.3. The van der Waals surface area contributed by atoms with Crippen LogP contribution >= 0.6 is 11.6 Å². The number of halogens is 1. The van der Waals surface area contributed by atoms with Crippen LogP contribution in [-0.2, 0) is 11.3 Å². The minimum Gasteiger partial charge on any atom is -0.429 e. The molecule has 0 aliphatic carbocycles. The van der Waals surface area contributed by atoms with Crippen molar-refractivity contribution >= 4 is 29.1 Å². The summed E-state index contributed by atoms with van der Waals surface area (Å²) < 4.78 is 6.84. The quantitative estimate of drug-likeness (QED) is 0.691. The van der Waals surface area contributed by atoms with Crippen molar-refractivity contribution in [3.05, 3.63) is 59.4 Å². The van der Waals surface area contributed by atoms with E-state index >= 15 is 0 Å². The molecule has 0 bridgehead atoms. The summed E-state index contributed by atoms with van der Waals surface area (Å²) in [6, 6.07) is 13.1. The zero-order chi connectivity index (χ0) is 13.9. The van der Waals surface area contributed by atoms with Gasteiger partial charge in [0.05, 0.1) is 17.4 Å². The van der Waals surface area contributed by atoms with Gasteiger partial charge in [-0.3, -0.25) is 4.79 Å². The summed E-state index contributed by atoms with van der Waals surface area (Å²) in [5.41, 5.74) is 2.92. The van der Waals surface area contributed by atoms with Gasteiger partial charge in [0.15, 0.2) is 0 Å². The molecule has 100 valence electrons. The number of hydrogen-bond donors (Lipinski definition) is 0. The molecule has 0 saturated carbocycles. The molecule has 0 atom stereocenters. The van der Waals surface area contributed by atoms with E-state index in [9.17, 15) is 4.79 Å². The smallest absolute Gasteiger partial charge is 0.298 e. The summed E-state index contributed by atoms with van der Waals surface area (Å²) in [7, 11) is 0. The zero-order valence-electron chi connectivity index (χ0n) is 10.5. The zero-order valence-corrected chi connectivity index (χ0v) is 11.2. The van der Waals surface area contributed by atoms with Crippen molar-refractivity contribution < 1.29 is 9.53 Å². The Morgan fingerprint density at radius 1 is 1.20 bits per heavy atom. The Hall–Kier alpha value is -2.33. The third-order valence-electron chi connectivity index (χ3n) is 3.04. The lowest BCUT2D eigenvalue weighted by atomic mass is 10.2. The van der Waals surface area contributed by atoms with Gasteiger partial charge in [-0.1, -0.05) is 23.7 Å². The van der Waals surface area contributed by atoms with Crippen LogP contribution in [0.3, 0.4) is 0 Å². The summed E-state index contributed by atoms with van der Waals surface area (Å²) in [4.78, 5) is 14.6. The molecule has 0 saturated heterocycles. The molecule has 3 rings (SSSR count). The lowest BCUT2D eigenvalue weighted by Gasteiger charge is -2.05. The summed E-state index contributed by atoms with van der Waals surface area (Å²) in [6.07, 6.45) is 1.77. The summed E-state index contributed by atoms with van der Waals surface area (Å²) in [6.45, 7) is 1.12. The fourth-order valence-corrected chi connectivity index (χ4v) is 2.21. The highest BCUT2D eigenvalue weighted by atomic mass is 35.5. The van der Waals surface area contributed by atoms with Gasteiger partial charge in [0.2, 0.25) is 0 Å². The molecule has 0 aliphatic heterocycles. The number of nitrogens with zero attached hydrogens (tertiary/aromatic N) is 2. The minimum atomic E-state index is 0.409. The predicted octanol–water partition coefficient (Wildman–Crippen LogP) is 3.27. The van der Waals surface area contributed by atoms with Gasteiger partial charge in [-0.05, 0) is 29.8 Å². The third kappa shape index (κ3) is 2.51. The first-order valence-electron chi connectivity index (χ1n) is 6.06. The molecule has 2 aromatic carbocycles. The monoisotopic (exact) mass is 286 g/mol. The normalized spacial score (nSPS) is 10.7. The number of aromatic nitrogens is 2. The van der Waals surface area contributed by atoms with Crippen LogP contribution in [0, 0.1) is 0 Å². The van der Waals surface area contributed by atoms with Gasteiger partial charge in [-0.25, -0.2) is 4.98 Å². The number of hydrogen-bond acceptors (Lipinski definition) is 3. The van der Waals surface area contributed by atoms with Gasteiger partial charge in [0.25, 0.3) is 6.47 Å². The van der Waals surface area contributed by atoms with Crippen LogP contribution in [0.15, 0.2) is 48.8 Å². The molecule has 4 nitrogen and oxygen atoms in total. The van der Waals surface area contributed by atoms with E-state index in [1.54, 1.807) is 18.5 Å². The second-order valence-corrected chi connectivity index (χ2v) is 4.80. The number of carbonyl (C=O) groups is 1. The SMILES string of the molecule is O=COc1ccc2c(c1)ncn2Cc1ccc(Cl)cc1. The Morgan fingerprint density at radius 3 is 2.75 bits per heavy atom. The molecule has 20 heavy (non-hydrogen) atoms. The summed E-state index contributed by atoms with van der Waals surface area (Å²) in [5.74, 6) is 0.490. The largest absolute Gasteiger partial charge is 0.429 e. The molecular formula is C15H11ClN2O2. The maximum Gasteiger partial charge on any atom is 0.298 e. The Bertz CT molecular complexity index is 750. The van der Waals surface area contributed by atoms with Gasteiger partial charge in [-0.2, -0.15) is 0 Å². The molecule has 0 spiro atoms. The molecule has 0 N–H and O–H groups in total. The van der Waals surface area contributed by atoms with E-state index in [-0.39, 0.29) is 0 Å². The molecular weight excluding hydrogens is 276 g/mol. The molecule has 0 amide bonds. The highest BCUT2D eigenvalue weighted by molar-refractivity contribution is 6.30. The summed E-state index contributed by atoms with van der Waals surface area (Å²) in [5, 5.41) is 0.722. The van der Waals surface area contributed by atoms with Gasteiger partial charge >= 0.3 is 0 Å². The van der Waals surface area contributed by atoms with Crippen molar-refractivity contribution in [2.24, 2.45) is 0 Å². The van der Waals surface area contributed by atoms with Gasteiger partial charge in [0.1, 0.15) is 5.75 Å². The van der Waals surface area contributed by atoms with Gasteiger partial charge in [0, 0.05) is 17.6 Å². The van der Waals surface area contributed by atoms with Crippen LogP contribution in [0.4, 0.5) is 0 Å². The van der Waals surface area contributed by atoms with Crippen molar-refractivity contribution in [1.82, 2.24) is 9.55 Å². The van der Waals surface area contributed by atoms with E-state index in [0.29, 0.717) is 18.8 Å². The van der Waals surface area contributed by atoms with Crippen LogP contribution in [0.1, 0.15) is 5.56 Å². The topological polar surface area (TPSA) is 44.1 Å².